The van der Waals surface area contributed by atoms with Crippen molar-refractivity contribution in [1.82, 2.24) is 4.90 Å². The van der Waals surface area contributed by atoms with Gasteiger partial charge in [-0.2, -0.15) is 0 Å². The number of hydrogen-bond donors (Lipinski definition) is 1. The Bertz CT molecular complexity index is 402. The van der Waals surface area contributed by atoms with E-state index in [9.17, 15) is 4.79 Å². The van der Waals surface area contributed by atoms with Crippen molar-refractivity contribution < 1.29 is 9.53 Å². The quantitative estimate of drug-likeness (QED) is 0.817. The van der Waals surface area contributed by atoms with E-state index in [0.29, 0.717) is 11.6 Å². The van der Waals surface area contributed by atoms with Crippen molar-refractivity contribution in [1.29, 1.82) is 0 Å². The van der Waals surface area contributed by atoms with Gasteiger partial charge in [0.15, 0.2) is 0 Å². The van der Waals surface area contributed by atoms with Gasteiger partial charge in [0.2, 0.25) is 0 Å². The smallest absolute Gasteiger partial charge is 0.253 e. The number of carbonyl (C=O) groups excluding carboxylic acids is 1. The van der Waals surface area contributed by atoms with E-state index in [2.05, 4.69) is 12.6 Å². The average Bonchev–Trinajstić information content (AvgIpc) is 2.38. The number of amides is 1. The van der Waals surface area contributed by atoms with Crippen molar-refractivity contribution in [3.05, 3.63) is 29.8 Å². The van der Waals surface area contributed by atoms with Crippen LogP contribution in [-0.4, -0.2) is 37.1 Å². The van der Waals surface area contributed by atoms with Crippen LogP contribution in [0.4, 0.5) is 0 Å². The lowest BCUT2D eigenvalue weighted by Crippen LogP contribution is -2.40. The highest BCUT2D eigenvalue weighted by atomic mass is 32.1. The Kier molecular flexibility index (Phi) is 4.07. The third-order valence-electron chi connectivity index (χ3n) is 3.15. The Balaban J connectivity index is 2.08. The maximum Gasteiger partial charge on any atom is 0.253 e. The number of ether oxygens (including phenoxy) is 1. The second-order valence-corrected chi connectivity index (χ2v) is 4.83. The second kappa shape index (κ2) is 5.56. The van der Waals surface area contributed by atoms with Crippen LogP contribution in [0.5, 0.6) is 0 Å². The number of carbonyl (C=O) groups is 1. The van der Waals surface area contributed by atoms with Gasteiger partial charge in [-0.05, 0) is 31.0 Å². The molecule has 1 aliphatic rings. The van der Waals surface area contributed by atoms with Crippen LogP contribution in [0.1, 0.15) is 23.2 Å². The fraction of sp³-hybridized carbons (Fsp3) is 0.462. The van der Waals surface area contributed by atoms with Crippen LogP contribution >= 0.6 is 12.6 Å². The Morgan fingerprint density at radius 2 is 2.12 bits per heavy atom. The van der Waals surface area contributed by atoms with E-state index in [0.717, 1.165) is 31.0 Å². The molecule has 1 amide bonds. The highest BCUT2D eigenvalue weighted by Crippen LogP contribution is 2.17. The van der Waals surface area contributed by atoms with E-state index in [4.69, 9.17) is 4.74 Å². The summed E-state index contributed by atoms with van der Waals surface area (Å²) in [7, 11) is 1.86. The lowest BCUT2D eigenvalue weighted by Gasteiger charge is -2.31. The molecule has 1 aliphatic heterocycles. The summed E-state index contributed by atoms with van der Waals surface area (Å²) in [6.45, 7) is 1.49. The molecule has 1 saturated heterocycles. The molecular weight excluding hydrogens is 234 g/mol. The van der Waals surface area contributed by atoms with Crippen molar-refractivity contribution in [2.45, 2.75) is 23.8 Å². The summed E-state index contributed by atoms with van der Waals surface area (Å²) in [6, 6.07) is 7.65. The van der Waals surface area contributed by atoms with E-state index < -0.39 is 0 Å². The molecule has 0 bridgehead atoms. The van der Waals surface area contributed by atoms with E-state index in [1.54, 1.807) is 6.07 Å². The Labute approximate surface area is 107 Å². The normalized spacial score (nSPS) is 16.8. The van der Waals surface area contributed by atoms with Crippen molar-refractivity contribution in [3.63, 3.8) is 0 Å². The summed E-state index contributed by atoms with van der Waals surface area (Å²) in [4.78, 5) is 14.9. The van der Waals surface area contributed by atoms with E-state index in [1.165, 1.54) is 0 Å². The molecule has 17 heavy (non-hydrogen) atoms. The van der Waals surface area contributed by atoms with Gasteiger partial charge in [0.25, 0.3) is 5.91 Å². The van der Waals surface area contributed by atoms with Gasteiger partial charge in [0.1, 0.15) is 0 Å². The maximum atomic E-state index is 12.2. The van der Waals surface area contributed by atoms with Gasteiger partial charge in [-0.25, -0.2) is 0 Å². The van der Waals surface area contributed by atoms with E-state index in [1.807, 2.05) is 30.1 Å². The van der Waals surface area contributed by atoms with Crippen LogP contribution in [0, 0.1) is 0 Å². The molecule has 0 spiro atoms. The molecule has 0 unspecified atom stereocenters. The number of benzene rings is 1. The zero-order chi connectivity index (χ0) is 12.3. The number of hydrogen-bond acceptors (Lipinski definition) is 3. The van der Waals surface area contributed by atoms with Gasteiger partial charge in [0, 0.05) is 36.8 Å². The Hall–Kier alpha value is -1.00. The van der Waals surface area contributed by atoms with Gasteiger partial charge >= 0.3 is 0 Å². The molecule has 0 radical (unpaired) electrons. The maximum absolute atomic E-state index is 12.2. The predicted molar refractivity (Wildman–Crippen MR) is 69.6 cm³/mol. The lowest BCUT2D eigenvalue weighted by atomic mass is 10.1. The molecule has 0 aliphatic carbocycles. The third-order valence-corrected chi connectivity index (χ3v) is 3.43. The zero-order valence-corrected chi connectivity index (χ0v) is 10.8. The first-order valence-electron chi connectivity index (χ1n) is 5.82. The Morgan fingerprint density at radius 1 is 1.41 bits per heavy atom. The average molecular weight is 251 g/mol. The largest absolute Gasteiger partial charge is 0.381 e. The van der Waals surface area contributed by atoms with Crippen LogP contribution in [0.3, 0.4) is 0 Å². The molecule has 1 aromatic carbocycles. The molecule has 4 heteroatoms. The van der Waals surface area contributed by atoms with Crippen molar-refractivity contribution >= 4 is 18.5 Å². The highest BCUT2D eigenvalue weighted by molar-refractivity contribution is 7.80. The van der Waals surface area contributed by atoms with Gasteiger partial charge in [-0.15, -0.1) is 12.6 Å². The van der Waals surface area contributed by atoms with E-state index in [-0.39, 0.29) is 5.91 Å². The fourth-order valence-corrected chi connectivity index (χ4v) is 2.31. The molecule has 1 aromatic rings. The van der Waals surface area contributed by atoms with Crippen LogP contribution < -0.4 is 0 Å². The summed E-state index contributed by atoms with van der Waals surface area (Å²) >= 11 is 4.25. The summed E-state index contributed by atoms with van der Waals surface area (Å²) in [5, 5.41) is 0. The summed E-state index contributed by atoms with van der Waals surface area (Å²) < 4.78 is 5.30. The van der Waals surface area contributed by atoms with Crippen LogP contribution in [0.15, 0.2) is 29.2 Å². The van der Waals surface area contributed by atoms with Crippen LogP contribution in [0.2, 0.25) is 0 Å². The van der Waals surface area contributed by atoms with Crippen molar-refractivity contribution in [2.24, 2.45) is 0 Å². The molecule has 2 rings (SSSR count). The van der Waals surface area contributed by atoms with Crippen LogP contribution in [-0.2, 0) is 4.74 Å². The Morgan fingerprint density at radius 3 is 2.76 bits per heavy atom. The minimum Gasteiger partial charge on any atom is -0.381 e. The van der Waals surface area contributed by atoms with Crippen LogP contribution in [0.25, 0.3) is 0 Å². The first kappa shape index (κ1) is 12.5. The highest BCUT2D eigenvalue weighted by Gasteiger charge is 2.23. The third kappa shape index (κ3) is 3.01. The van der Waals surface area contributed by atoms with Gasteiger partial charge in [-0.3, -0.25) is 4.79 Å². The second-order valence-electron chi connectivity index (χ2n) is 4.31. The molecule has 3 nitrogen and oxygen atoms in total. The lowest BCUT2D eigenvalue weighted by molar-refractivity contribution is 0.0362. The number of thiol groups is 1. The molecule has 1 heterocycles. The topological polar surface area (TPSA) is 29.5 Å². The SMILES string of the molecule is CN(C(=O)c1cccc(S)c1)C1CCOCC1. The molecule has 1 fully saturated rings. The minimum atomic E-state index is 0.0628. The van der Waals surface area contributed by atoms with Gasteiger partial charge < -0.3 is 9.64 Å². The summed E-state index contributed by atoms with van der Waals surface area (Å²) in [5.41, 5.74) is 0.700. The number of nitrogens with zero attached hydrogens (tertiary/aromatic N) is 1. The minimum absolute atomic E-state index is 0.0628. The van der Waals surface area contributed by atoms with Gasteiger partial charge in [0.05, 0.1) is 0 Å². The monoisotopic (exact) mass is 251 g/mol. The molecular formula is C13H17NO2S. The first-order valence-corrected chi connectivity index (χ1v) is 6.27. The molecule has 0 N–H and O–H groups in total. The van der Waals surface area contributed by atoms with Crippen molar-refractivity contribution in [2.75, 3.05) is 20.3 Å². The number of rotatable bonds is 2. The zero-order valence-electron chi connectivity index (χ0n) is 9.93. The molecule has 0 atom stereocenters. The van der Waals surface area contributed by atoms with Crippen molar-refractivity contribution in [3.8, 4) is 0 Å². The molecule has 92 valence electrons. The first-order chi connectivity index (χ1) is 8.18. The van der Waals surface area contributed by atoms with Gasteiger partial charge in [-0.1, -0.05) is 6.07 Å². The van der Waals surface area contributed by atoms with E-state index >= 15 is 0 Å². The molecule has 0 aromatic heterocycles. The fourth-order valence-electron chi connectivity index (χ4n) is 2.08. The predicted octanol–water partition coefficient (Wildman–Crippen LogP) is 2.23. The standard InChI is InChI=1S/C13H17NO2S/c1-14(11-5-7-16-8-6-11)13(15)10-3-2-4-12(17)9-10/h2-4,9,11,17H,5-8H2,1H3. The summed E-state index contributed by atoms with van der Waals surface area (Å²) in [5.74, 6) is 0.0628. The molecule has 0 saturated carbocycles. The summed E-state index contributed by atoms with van der Waals surface area (Å²) in [6.07, 6.45) is 1.84.